The molecule has 2 aliphatic heterocycles. The zero-order valence-corrected chi connectivity index (χ0v) is 19.6. The van der Waals surface area contributed by atoms with E-state index in [0.717, 1.165) is 10.5 Å². The smallest absolute Gasteiger partial charge is 0.262 e. The van der Waals surface area contributed by atoms with Crippen LogP contribution in [0.15, 0.2) is 76.5 Å². The van der Waals surface area contributed by atoms with Crippen LogP contribution in [-0.2, 0) is 4.79 Å². The molecule has 172 valence electrons. The molecule has 0 radical (unpaired) electrons. The number of halogens is 1. The number of carbonyl (C=O) groups is 2. The number of benzene rings is 3. The Bertz CT molecular complexity index is 1280. The topological polar surface area (TPSA) is 52.7 Å². The summed E-state index contributed by atoms with van der Waals surface area (Å²) >= 11 is 1.40. The second-order valence-corrected chi connectivity index (χ2v) is 9.50. The number of fused-ring (bicyclic) bond motifs is 1. The first-order valence-electron chi connectivity index (χ1n) is 11.2. The molecule has 0 spiro atoms. The van der Waals surface area contributed by atoms with Gasteiger partial charge in [-0.3, -0.25) is 9.59 Å². The predicted octanol–water partition coefficient (Wildman–Crippen LogP) is 5.18. The summed E-state index contributed by atoms with van der Waals surface area (Å²) in [5.41, 5.74) is 3.88. The van der Waals surface area contributed by atoms with Crippen LogP contribution in [0.3, 0.4) is 0 Å². The number of thioether (sulfide) groups is 1. The molecule has 34 heavy (non-hydrogen) atoms. The molecule has 2 aliphatic rings. The van der Waals surface area contributed by atoms with Crippen molar-refractivity contribution in [1.29, 1.82) is 0 Å². The maximum atomic E-state index is 14.1. The highest BCUT2D eigenvalue weighted by atomic mass is 32.2. The highest BCUT2D eigenvalue weighted by Crippen LogP contribution is 2.39. The molecule has 2 amide bonds. The molecule has 3 aromatic rings. The quantitative estimate of drug-likeness (QED) is 0.533. The summed E-state index contributed by atoms with van der Waals surface area (Å²) in [6, 6.07) is 20.1. The number of amides is 2. The van der Waals surface area contributed by atoms with Gasteiger partial charge < -0.3 is 15.1 Å². The van der Waals surface area contributed by atoms with Gasteiger partial charge in [-0.15, -0.1) is 0 Å². The van der Waals surface area contributed by atoms with Crippen molar-refractivity contribution in [3.63, 3.8) is 0 Å². The number of anilines is 2. The predicted molar refractivity (Wildman–Crippen MR) is 135 cm³/mol. The minimum absolute atomic E-state index is 0.0868. The number of para-hydroxylation sites is 1. The summed E-state index contributed by atoms with van der Waals surface area (Å²) in [6.07, 6.45) is 1.87. The fourth-order valence-electron chi connectivity index (χ4n) is 4.15. The van der Waals surface area contributed by atoms with Crippen molar-refractivity contribution >= 4 is 41.0 Å². The van der Waals surface area contributed by atoms with Crippen molar-refractivity contribution in [3.05, 3.63) is 94.1 Å². The van der Waals surface area contributed by atoms with Crippen molar-refractivity contribution in [2.75, 3.05) is 36.4 Å². The van der Waals surface area contributed by atoms with Gasteiger partial charge in [0.25, 0.3) is 11.8 Å². The van der Waals surface area contributed by atoms with Crippen molar-refractivity contribution in [2.24, 2.45) is 0 Å². The molecule has 0 bridgehead atoms. The number of nitrogens with one attached hydrogen (secondary N) is 1. The van der Waals surface area contributed by atoms with Gasteiger partial charge in [0.1, 0.15) is 5.82 Å². The number of hydrogen-bond acceptors (Lipinski definition) is 4. The number of piperazine rings is 1. The highest BCUT2D eigenvalue weighted by Gasteiger charge is 2.26. The van der Waals surface area contributed by atoms with Gasteiger partial charge in [-0.05, 0) is 48.9 Å². The molecule has 0 aliphatic carbocycles. The SMILES string of the molecule is Cc1ccc(C=C2Sc3ccc(C(=O)N4CCN(c5ccccc5F)CC4)cc3NC2=O)cc1. The van der Waals surface area contributed by atoms with Gasteiger partial charge in [0.05, 0.1) is 16.3 Å². The Kier molecular flexibility index (Phi) is 6.11. The van der Waals surface area contributed by atoms with Gasteiger partial charge in [-0.1, -0.05) is 53.7 Å². The Morgan fingerprint density at radius 2 is 1.74 bits per heavy atom. The third-order valence-corrected chi connectivity index (χ3v) is 7.15. The summed E-state index contributed by atoms with van der Waals surface area (Å²) in [5.74, 6) is -0.515. The number of rotatable bonds is 3. The van der Waals surface area contributed by atoms with Crippen LogP contribution in [0.5, 0.6) is 0 Å². The zero-order chi connectivity index (χ0) is 23.7. The Morgan fingerprint density at radius 1 is 1.00 bits per heavy atom. The van der Waals surface area contributed by atoms with Crippen LogP contribution in [0.2, 0.25) is 0 Å². The largest absolute Gasteiger partial charge is 0.366 e. The van der Waals surface area contributed by atoms with Crippen LogP contribution in [0, 0.1) is 12.7 Å². The van der Waals surface area contributed by atoms with Crippen LogP contribution in [-0.4, -0.2) is 42.9 Å². The van der Waals surface area contributed by atoms with E-state index in [1.807, 2.05) is 54.3 Å². The minimum atomic E-state index is -0.249. The van der Waals surface area contributed by atoms with Crippen LogP contribution < -0.4 is 10.2 Å². The van der Waals surface area contributed by atoms with E-state index in [4.69, 9.17) is 0 Å². The highest BCUT2D eigenvalue weighted by molar-refractivity contribution is 8.04. The second-order valence-electron chi connectivity index (χ2n) is 8.42. The van der Waals surface area contributed by atoms with Crippen LogP contribution in [0.25, 0.3) is 6.08 Å². The van der Waals surface area contributed by atoms with E-state index in [1.54, 1.807) is 29.2 Å². The maximum Gasteiger partial charge on any atom is 0.262 e. The molecule has 5 nitrogen and oxygen atoms in total. The third kappa shape index (κ3) is 4.56. The molecule has 1 N–H and O–H groups in total. The number of carbonyl (C=O) groups excluding carboxylic acids is 2. The molecular weight excluding hydrogens is 449 g/mol. The van der Waals surface area contributed by atoms with Gasteiger partial charge in [-0.2, -0.15) is 0 Å². The second kappa shape index (κ2) is 9.35. The van der Waals surface area contributed by atoms with Gasteiger partial charge in [0.15, 0.2) is 0 Å². The standard InChI is InChI=1S/C27H24FN3O2S/c1-18-6-8-19(9-7-18)16-25-26(32)29-22-17-20(10-11-24(22)34-25)27(33)31-14-12-30(13-15-31)23-5-3-2-4-21(23)28/h2-11,16-17H,12-15H2,1H3,(H,29,32). The molecular formula is C27H24FN3O2S. The summed E-state index contributed by atoms with van der Waals surface area (Å²) in [5, 5.41) is 2.93. The molecule has 0 unspecified atom stereocenters. The average Bonchev–Trinajstić information content (AvgIpc) is 2.85. The Balaban J connectivity index is 1.27. The lowest BCUT2D eigenvalue weighted by atomic mass is 10.1. The third-order valence-electron chi connectivity index (χ3n) is 6.05. The van der Waals surface area contributed by atoms with E-state index in [2.05, 4.69) is 5.32 Å². The first-order chi connectivity index (χ1) is 16.5. The molecule has 3 aromatic carbocycles. The van der Waals surface area contributed by atoms with Crippen LogP contribution in [0.4, 0.5) is 15.8 Å². The van der Waals surface area contributed by atoms with Gasteiger partial charge >= 0.3 is 0 Å². The molecule has 7 heteroatoms. The number of nitrogens with zero attached hydrogens (tertiary/aromatic N) is 2. The van der Waals surface area contributed by atoms with Gasteiger partial charge in [0.2, 0.25) is 0 Å². The van der Waals surface area contributed by atoms with Crippen molar-refractivity contribution in [3.8, 4) is 0 Å². The lowest BCUT2D eigenvalue weighted by molar-refractivity contribution is -0.112. The zero-order valence-electron chi connectivity index (χ0n) is 18.8. The normalized spacial score (nSPS) is 16.9. The molecule has 1 saturated heterocycles. The molecule has 2 heterocycles. The van der Waals surface area contributed by atoms with E-state index in [1.165, 1.54) is 23.4 Å². The minimum Gasteiger partial charge on any atom is -0.366 e. The van der Waals surface area contributed by atoms with Gasteiger partial charge in [-0.25, -0.2) is 4.39 Å². The van der Waals surface area contributed by atoms with E-state index in [-0.39, 0.29) is 17.6 Å². The first-order valence-corrected chi connectivity index (χ1v) is 12.0. The average molecular weight is 474 g/mol. The lowest BCUT2D eigenvalue weighted by Crippen LogP contribution is -2.49. The van der Waals surface area contributed by atoms with E-state index < -0.39 is 0 Å². The summed E-state index contributed by atoms with van der Waals surface area (Å²) in [6.45, 7) is 4.18. The maximum absolute atomic E-state index is 14.1. The fraction of sp³-hybridized carbons (Fsp3) is 0.185. The van der Waals surface area contributed by atoms with Crippen molar-refractivity contribution in [2.45, 2.75) is 11.8 Å². The Labute approximate surface area is 202 Å². The Hall–Kier alpha value is -3.58. The van der Waals surface area contributed by atoms with Crippen LogP contribution in [0.1, 0.15) is 21.5 Å². The Morgan fingerprint density at radius 3 is 2.47 bits per heavy atom. The van der Waals surface area contributed by atoms with E-state index in [9.17, 15) is 14.0 Å². The van der Waals surface area contributed by atoms with Crippen molar-refractivity contribution < 1.29 is 14.0 Å². The number of hydrogen-bond donors (Lipinski definition) is 1. The molecule has 1 fully saturated rings. The van der Waals surface area contributed by atoms with Gasteiger partial charge in [0, 0.05) is 36.6 Å². The fourth-order valence-corrected chi connectivity index (χ4v) is 5.08. The summed E-state index contributed by atoms with van der Waals surface area (Å²) in [7, 11) is 0. The lowest BCUT2D eigenvalue weighted by Gasteiger charge is -2.36. The first kappa shape index (κ1) is 22.2. The summed E-state index contributed by atoms with van der Waals surface area (Å²) in [4.78, 5) is 31.0. The van der Waals surface area contributed by atoms with Crippen molar-refractivity contribution in [1.82, 2.24) is 4.90 Å². The molecule has 0 aromatic heterocycles. The summed E-state index contributed by atoms with van der Waals surface area (Å²) < 4.78 is 14.1. The number of aryl methyl sites for hydroxylation is 1. The van der Waals surface area contributed by atoms with E-state index >= 15 is 0 Å². The molecule has 0 atom stereocenters. The molecule has 5 rings (SSSR count). The van der Waals surface area contributed by atoms with Crippen LogP contribution >= 0.6 is 11.8 Å². The molecule has 0 saturated carbocycles. The monoisotopic (exact) mass is 473 g/mol. The van der Waals surface area contributed by atoms with E-state index in [0.29, 0.717) is 48.0 Å².